The van der Waals surface area contributed by atoms with E-state index in [0.717, 1.165) is 67.0 Å². The van der Waals surface area contributed by atoms with E-state index in [4.69, 9.17) is 33.7 Å². The third-order valence-corrected chi connectivity index (χ3v) is 8.15. The molecule has 7 heteroatoms. The lowest BCUT2D eigenvalue weighted by atomic mass is 9.80. The van der Waals surface area contributed by atoms with E-state index in [1.165, 1.54) is 6.07 Å². The Morgan fingerprint density at radius 1 is 1.16 bits per heavy atom. The van der Waals surface area contributed by atoms with Crippen molar-refractivity contribution in [3.05, 3.63) is 87.8 Å². The molecule has 0 amide bonds. The van der Waals surface area contributed by atoms with Gasteiger partial charge in [0.15, 0.2) is 0 Å². The van der Waals surface area contributed by atoms with Crippen LogP contribution in [0.5, 0.6) is 0 Å². The van der Waals surface area contributed by atoms with Crippen LogP contribution >= 0.6 is 23.2 Å². The number of rotatable bonds is 9. The molecule has 1 aromatic heterocycles. The SMILES string of the molecule is C=C(NCC1CCOCC1)c1ccc(-c2cnc(N)c(C(CC)C(C)c3c(Cl)ccc(F)c3Cl)c2)cc1. The van der Waals surface area contributed by atoms with Gasteiger partial charge >= 0.3 is 0 Å². The Kier molecular flexibility index (Phi) is 9.12. The van der Waals surface area contributed by atoms with E-state index in [0.29, 0.717) is 22.3 Å². The lowest BCUT2D eigenvalue weighted by molar-refractivity contribution is 0.0674. The highest BCUT2D eigenvalue weighted by molar-refractivity contribution is 6.36. The Labute approximate surface area is 229 Å². The zero-order chi connectivity index (χ0) is 26.5. The first-order valence-electron chi connectivity index (χ1n) is 12.8. The van der Waals surface area contributed by atoms with Gasteiger partial charge < -0.3 is 15.8 Å². The molecule has 1 saturated heterocycles. The normalized spacial score (nSPS) is 15.8. The fourth-order valence-corrected chi connectivity index (χ4v) is 5.85. The van der Waals surface area contributed by atoms with Crippen LogP contribution in [-0.4, -0.2) is 24.7 Å². The Morgan fingerprint density at radius 3 is 2.54 bits per heavy atom. The highest BCUT2D eigenvalue weighted by Gasteiger charge is 2.27. The quantitative estimate of drug-likeness (QED) is 0.269. The number of nitrogens with zero attached hydrogens (tertiary/aromatic N) is 1. The number of benzene rings is 2. The van der Waals surface area contributed by atoms with E-state index >= 15 is 0 Å². The van der Waals surface area contributed by atoms with Gasteiger partial charge in [0.2, 0.25) is 0 Å². The van der Waals surface area contributed by atoms with Crippen molar-refractivity contribution < 1.29 is 9.13 Å². The molecule has 37 heavy (non-hydrogen) atoms. The van der Waals surface area contributed by atoms with Crippen LogP contribution in [0.25, 0.3) is 16.8 Å². The van der Waals surface area contributed by atoms with Gasteiger partial charge in [0.1, 0.15) is 11.6 Å². The molecule has 0 radical (unpaired) electrons. The number of pyridine rings is 1. The lowest BCUT2D eigenvalue weighted by Gasteiger charge is -2.26. The van der Waals surface area contributed by atoms with Gasteiger partial charge in [-0.1, -0.05) is 67.9 Å². The predicted octanol–water partition coefficient (Wildman–Crippen LogP) is 8.06. The number of nitrogens with two attached hydrogens (primary N) is 1. The van der Waals surface area contributed by atoms with Gasteiger partial charge in [-0.2, -0.15) is 0 Å². The third-order valence-electron chi connectivity index (χ3n) is 7.44. The number of aromatic nitrogens is 1. The second-order valence-electron chi connectivity index (χ2n) is 9.75. The third kappa shape index (κ3) is 6.28. The van der Waals surface area contributed by atoms with E-state index in [2.05, 4.69) is 54.1 Å². The maximum atomic E-state index is 14.2. The second kappa shape index (κ2) is 12.3. The molecule has 0 aliphatic carbocycles. The summed E-state index contributed by atoms with van der Waals surface area (Å²) in [6, 6.07) is 13.2. The maximum absolute atomic E-state index is 14.2. The van der Waals surface area contributed by atoms with E-state index in [9.17, 15) is 4.39 Å². The molecule has 2 atom stereocenters. The number of nitrogens with one attached hydrogen (secondary N) is 1. The molecule has 2 aromatic carbocycles. The first-order valence-corrected chi connectivity index (χ1v) is 13.6. The Balaban J connectivity index is 1.54. The fraction of sp³-hybridized carbons (Fsp3) is 0.367. The average Bonchev–Trinajstić information content (AvgIpc) is 2.92. The van der Waals surface area contributed by atoms with Gasteiger partial charge in [0.05, 0.1) is 5.02 Å². The summed E-state index contributed by atoms with van der Waals surface area (Å²) in [7, 11) is 0. The molecule has 0 bridgehead atoms. The Bertz CT molecular complexity index is 1240. The summed E-state index contributed by atoms with van der Waals surface area (Å²) in [4.78, 5) is 4.50. The number of hydrogen-bond acceptors (Lipinski definition) is 4. The van der Waals surface area contributed by atoms with Crippen LogP contribution < -0.4 is 11.1 Å². The fourth-order valence-electron chi connectivity index (χ4n) is 5.14. The summed E-state index contributed by atoms with van der Waals surface area (Å²) in [6.45, 7) is 10.9. The van der Waals surface area contributed by atoms with Crippen molar-refractivity contribution in [2.75, 3.05) is 25.5 Å². The van der Waals surface area contributed by atoms with Crippen LogP contribution in [0.15, 0.2) is 55.2 Å². The first kappa shape index (κ1) is 27.4. The second-order valence-corrected chi connectivity index (χ2v) is 10.5. The van der Waals surface area contributed by atoms with Crippen LogP contribution in [0.1, 0.15) is 61.6 Å². The number of halogens is 3. The minimum atomic E-state index is -0.480. The molecule has 196 valence electrons. The highest BCUT2D eigenvalue weighted by Crippen LogP contribution is 2.44. The lowest BCUT2D eigenvalue weighted by Crippen LogP contribution is -2.26. The number of nitrogen functional groups attached to an aromatic ring is 1. The zero-order valence-corrected chi connectivity index (χ0v) is 22.9. The molecular weight excluding hydrogens is 508 g/mol. The molecule has 1 fully saturated rings. The molecule has 0 saturated carbocycles. The van der Waals surface area contributed by atoms with Crippen molar-refractivity contribution in [1.29, 1.82) is 0 Å². The summed E-state index contributed by atoms with van der Waals surface area (Å²) in [5.41, 5.74) is 11.8. The topological polar surface area (TPSA) is 60.2 Å². The van der Waals surface area contributed by atoms with Crippen molar-refractivity contribution in [2.45, 2.75) is 44.9 Å². The molecule has 3 N–H and O–H groups in total. The minimum absolute atomic E-state index is 0.0438. The standard InChI is InChI=1S/C30H34Cl2FN3O/c1-4-24(18(2)28-26(31)9-10-27(33)29(28)32)25-15-23(17-36-30(25)34)22-7-5-21(6-8-22)19(3)35-16-20-11-13-37-14-12-20/h5-10,15,17-18,20,24,35H,3-4,11-14,16H2,1-2H3,(H2,34,36). The van der Waals surface area contributed by atoms with Gasteiger partial charge in [0, 0.05) is 42.2 Å². The van der Waals surface area contributed by atoms with Gasteiger partial charge in [0.25, 0.3) is 0 Å². The van der Waals surface area contributed by atoms with Crippen molar-refractivity contribution in [2.24, 2.45) is 5.92 Å². The number of hydrogen-bond donors (Lipinski definition) is 2. The first-order chi connectivity index (χ1) is 17.8. The summed E-state index contributed by atoms with van der Waals surface area (Å²) < 4.78 is 19.7. The van der Waals surface area contributed by atoms with E-state index in [-0.39, 0.29) is 16.9 Å². The molecule has 2 unspecified atom stereocenters. The largest absolute Gasteiger partial charge is 0.385 e. The van der Waals surface area contributed by atoms with Crippen molar-refractivity contribution in [3.8, 4) is 11.1 Å². The molecule has 4 nitrogen and oxygen atoms in total. The van der Waals surface area contributed by atoms with Crippen LogP contribution in [-0.2, 0) is 4.74 Å². The van der Waals surface area contributed by atoms with E-state index < -0.39 is 5.82 Å². The van der Waals surface area contributed by atoms with Crippen LogP contribution in [0.3, 0.4) is 0 Å². The Morgan fingerprint density at radius 2 is 1.86 bits per heavy atom. The Hall–Kier alpha value is -2.60. The van der Waals surface area contributed by atoms with Gasteiger partial charge in [-0.25, -0.2) is 9.37 Å². The summed E-state index contributed by atoms with van der Waals surface area (Å²) in [5, 5.41) is 3.98. The van der Waals surface area contributed by atoms with Crippen molar-refractivity contribution in [1.82, 2.24) is 10.3 Å². The maximum Gasteiger partial charge on any atom is 0.142 e. The molecule has 2 heterocycles. The van der Waals surface area contributed by atoms with Crippen LogP contribution in [0.2, 0.25) is 10.0 Å². The van der Waals surface area contributed by atoms with Gasteiger partial charge in [-0.15, -0.1) is 0 Å². The average molecular weight is 543 g/mol. The summed E-state index contributed by atoms with van der Waals surface area (Å²) >= 11 is 12.8. The minimum Gasteiger partial charge on any atom is -0.385 e. The number of anilines is 1. The van der Waals surface area contributed by atoms with E-state index in [1.54, 1.807) is 12.3 Å². The molecule has 4 rings (SSSR count). The number of ether oxygens (including phenoxy) is 1. The van der Waals surface area contributed by atoms with Gasteiger partial charge in [-0.05, 0) is 77.5 Å². The van der Waals surface area contributed by atoms with Crippen LogP contribution in [0, 0.1) is 11.7 Å². The molecule has 3 aromatic rings. The van der Waals surface area contributed by atoms with E-state index in [1.807, 2.05) is 6.92 Å². The summed E-state index contributed by atoms with van der Waals surface area (Å²) in [6.07, 6.45) is 4.71. The van der Waals surface area contributed by atoms with Crippen LogP contribution in [0.4, 0.5) is 10.2 Å². The highest BCUT2D eigenvalue weighted by atomic mass is 35.5. The zero-order valence-electron chi connectivity index (χ0n) is 21.4. The smallest absolute Gasteiger partial charge is 0.142 e. The molecule has 1 aliphatic rings. The molecule has 1 aliphatic heterocycles. The molecular formula is C30H34Cl2FN3O. The predicted molar refractivity (Wildman–Crippen MR) is 153 cm³/mol. The summed E-state index contributed by atoms with van der Waals surface area (Å²) in [5.74, 6) is 0.389. The monoisotopic (exact) mass is 541 g/mol. The van der Waals surface area contributed by atoms with Crippen molar-refractivity contribution >= 4 is 34.7 Å². The molecule has 0 spiro atoms. The van der Waals surface area contributed by atoms with Gasteiger partial charge in [-0.3, -0.25) is 0 Å². The van der Waals surface area contributed by atoms with Crippen molar-refractivity contribution in [3.63, 3.8) is 0 Å².